The zero-order valence-electron chi connectivity index (χ0n) is 64.6. The summed E-state index contributed by atoms with van der Waals surface area (Å²) >= 11 is 0. The molecule has 10 bridgehead atoms. The summed E-state index contributed by atoms with van der Waals surface area (Å²) in [5, 5.41) is 0. The molecule has 0 heterocycles. The Kier molecular flexibility index (Phi) is 35.6. The lowest BCUT2D eigenvalue weighted by molar-refractivity contribution is -0.107. The monoisotopic (exact) mass is 1240 g/mol. The van der Waals surface area contributed by atoms with Gasteiger partial charge < -0.3 is 0 Å². The molecule has 13 aliphatic rings. The Hall–Kier alpha value is 0. The second-order valence-corrected chi connectivity index (χ2v) is 39.0. The van der Waals surface area contributed by atoms with Crippen LogP contribution in [0, 0.1) is 159 Å². The van der Waals surface area contributed by atoms with Crippen LogP contribution in [0.2, 0.25) is 0 Å². The van der Waals surface area contributed by atoms with E-state index in [-0.39, 0.29) is 0 Å². The third-order valence-electron chi connectivity index (χ3n) is 29.2. The highest BCUT2D eigenvalue weighted by atomic mass is 14.6. The van der Waals surface area contributed by atoms with Crippen LogP contribution in [0.1, 0.15) is 407 Å². The molecule has 17 atom stereocenters. The van der Waals surface area contributed by atoms with Crippen molar-refractivity contribution in [2.24, 2.45) is 159 Å². The molecule has 13 aliphatic carbocycles. The van der Waals surface area contributed by atoms with Crippen molar-refractivity contribution < 1.29 is 0 Å². The minimum absolute atomic E-state index is 0.694. The van der Waals surface area contributed by atoms with Crippen molar-refractivity contribution in [3.05, 3.63) is 0 Å². The van der Waals surface area contributed by atoms with E-state index in [1.54, 1.807) is 122 Å². The molecule has 0 nitrogen and oxygen atoms in total. The van der Waals surface area contributed by atoms with Gasteiger partial charge in [0.15, 0.2) is 0 Å². The summed E-state index contributed by atoms with van der Waals surface area (Å²) in [6.07, 6.45) is 66.9. The van der Waals surface area contributed by atoms with Crippen molar-refractivity contribution in [1.82, 2.24) is 0 Å². The molecular formula is C89H168. The molecule has 0 N–H and O–H groups in total. The quantitative estimate of drug-likeness (QED) is 0.191. The number of rotatable bonds is 10. The van der Waals surface area contributed by atoms with Gasteiger partial charge in [-0.25, -0.2) is 0 Å². The van der Waals surface area contributed by atoms with Crippen LogP contribution in [0.4, 0.5) is 0 Å². The SMILES string of the molecule is CC(C)C1CCCCCC1.CC(C)C1CCCCCCCCC1.CC(C)C1C[C@H]2CCCC[C@@H](C1)C2.CC(C)C1C[C@H]2CCC[C@@H](C1)C2.CC(C)CC[C@@H]1CC[C@H]2C[C@@H]1C2(C)C.CC1C[C@@H]2CC(C(C)C)C[C@H](C1)C2.CCC1C[C@@H]2CC(C(C)C)C[C@H](C1)C2. The molecule has 6 unspecified atom stereocenters. The summed E-state index contributed by atoms with van der Waals surface area (Å²) in [7, 11) is 0. The molecule has 89 heavy (non-hydrogen) atoms. The minimum Gasteiger partial charge on any atom is -0.0651 e. The molecule has 0 saturated heterocycles. The van der Waals surface area contributed by atoms with Gasteiger partial charge >= 0.3 is 0 Å². The first-order valence-corrected chi connectivity index (χ1v) is 42.5. The second-order valence-electron chi connectivity index (χ2n) is 39.0. The van der Waals surface area contributed by atoms with E-state index in [2.05, 4.69) is 125 Å². The van der Waals surface area contributed by atoms with E-state index in [1.807, 2.05) is 0 Å². The van der Waals surface area contributed by atoms with Crippen molar-refractivity contribution >= 4 is 0 Å². The van der Waals surface area contributed by atoms with Gasteiger partial charge in [-0.15, -0.1) is 0 Å². The molecule has 13 fully saturated rings. The van der Waals surface area contributed by atoms with Crippen LogP contribution < -0.4 is 0 Å². The van der Waals surface area contributed by atoms with Crippen molar-refractivity contribution in [2.45, 2.75) is 407 Å². The fourth-order valence-electron chi connectivity index (χ4n) is 22.9. The van der Waals surface area contributed by atoms with Gasteiger partial charge in [0.2, 0.25) is 0 Å². The molecule has 0 aromatic rings. The molecule has 13 saturated carbocycles. The molecule has 0 amide bonds. The lowest BCUT2D eigenvalue weighted by Gasteiger charge is -2.60. The van der Waals surface area contributed by atoms with Gasteiger partial charge in [-0.3, -0.25) is 0 Å². The van der Waals surface area contributed by atoms with Crippen LogP contribution in [-0.2, 0) is 0 Å². The van der Waals surface area contributed by atoms with Crippen LogP contribution in [0.5, 0.6) is 0 Å². The second kappa shape index (κ2) is 40.7. The van der Waals surface area contributed by atoms with Gasteiger partial charge in [-0.05, 0) is 288 Å². The van der Waals surface area contributed by atoms with Crippen molar-refractivity contribution in [3.63, 3.8) is 0 Å². The zero-order valence-corrected chi connectivity index (χ0v) is 64.6. The standard InChI is InChI=1S/2C14H26.2C13H24.C13H26.C12H22.C10H20/c1-10(2)5-6-11-7-8-12-9-13(11)14(12,3)4;1-4-11-5-12-7-13(6-11)9-14(8-12)10(2)3;1-9(2)13-7-11-4-10(3)5-12(6-11)8-13;1-10(2)13-8-11-5-3-4-6-12(7-11)9-13;1-12(2)13-10-8-6-4-3-5-7-9-11-13;1-9(2)12-7-10-4-3-5-11(6-10)8-12;1-9(2)10-7-5-3-4-6-8-10/h10-13H,5-9H2,1-4H3;10-14H,4-9H2,1-3H3;9-13H,4-8H2,1-3H3;10-13H,3-9H2,1-2H3;12-13H,3-11H2,1-2H3;9-12H,3-8H2,1-2H3;9-10H,3-8H2,1-2H3/t11-,12+,13+;11?,12-,13+,14?;10?,11-,12+,13?;11-,12+,13?;;10-,11+,12?;/m1....../s1. The maximum Gasteiger partial charge on any atom is -0.0295 e. The highest BCUT2D eigenvalue weighted by molar-refractivity contribution is 5.03. The minimum atomic E-state index is 0.694. The number of fused-ring (bicyclic) bond motifs is 10. The van der Waals surface area contributed by atoms with Crippen LogP contribution in [0.15, 0.2) is 0 Å². The molecule has 0 spiro atoms. The predicted molar refractivity (Wildman–Crippen MR) is 398 cm³/mol. The normalized spacial score (nSPS) is 37.1. The van der Waals surface area contributed by atoms with Crippen molar-refractivity contribution in [3.8, 4) is 0 Å². The van der Waals surface area contributed by atoms with Gasteiger partial charge in [0.25, 0.3) is 0 Å². The highest BCUT2D eigenvalue weighted by Gasteiger charge is 2.53. The zero-order chi connectivity index (χ0) is 64.6. The molecule has 0 radical (unpaired) electrons. The molecule has 524 valence electrons. The Balaban J connectivity index is 0.000000166. The number of hydrogen-bond donors (Lipinski definition) is 0. The predicted octanol–water partition coefficient (Wildman–Crippen LogP) is 29.6. The first-order chi connectivity index (χ1) is 42.5. The Labute approximate surface area is 563 Å². The van der Waals surface area contributed by atoms with E-state index in [4.69, 9.17) is 0 Å². The van der Waals surface area contributed by atoms with Crippen molar-refractivity contribution in [1.29, 1.82) is 0 Å². The molecule has 0 aromatic heterocycles. The molecule has 0 heteroatoms. The fraction of sp³-hybridized carbons (Fsp3) is 1.00. The van der Waals surface area contributed by atoms with Crippen LogP contribution in [0.25, 0.3) is 0 Å². The maximum absolute atomic E-state index is 2.51. The van der Waals surface area contributed by atoms with Crippen LogP contribution >= 0.6 is 0 Å². The van der Waals surface area contributed by atoms with Gasteiger partial charge in [-0.1, -0.05) is 279 Å². The van der Waals surface area contributed by atoms with Gasteiger partial charge in [0.05, 0.1) is 0 Å². The van der Waals surface area contributed by atoms with Gasteiger partial charge in [-0.2, -0.15) is 0 Å². The Morgan fingerprint density at radius 1 is 0.292 bits per heavy atom. The largest absolute Gasteiger partial charge is 0.0651 e. The summed E-state index contributed by atoms with van der Waals surface area (Å²) in [6.45, 7) is 43.4. The summed E-state index contributed by atoms with van der Waals surface area (Å²) in [6, 6.07) is 0. The number of hydrogen-bond acceptors (Lipinski definition) is 0. The maximum atomic E-state index is 2.51. The summed E-state index contributed by atoms with van der Waals surface area (Å²) in [5.74, 6) is 26.9. The third-order valence-corrected chi connectivity index (χ3v) is 29.2. The smallest absolute Gasteiger partial charge is 0.0295 e. The third kappa shape index (κ3) is 27.4. The van der Waals surface area contributed by atoms with E-state index >= 15 is 0 Å². The van der Waals surface area contributed by atoms with E-state index in [9.17, 15) is 0 Å². The van der Waals surface area contributed by atoms with E-state index in [1.165, 1.54) is 161 Å². The average Bonchev–Trinajstić information content (AvgIpc) is 1.23. The van der Waals surface area contributed by atoms with E-state index in [0.29, 0.717) is 5.41 Å². The molecule has 0 aliphatic heterocycles. The highest BCUT2D eigenvalue weighted by Crippen LogP contribution is 2.62. The molecular weight excluding hydrogens is 1070 g/mol. The van der Waals surface area contributed by atoms with Crippen LogP contribution in [0.3, 0.4) is 0 Å². The van der Waals surface area contributed by atoms with Crippen molar-refractivity contribution in [2.75, 3.05) is 0 Å². The van der Waals surface area contributed by atoms with Gasteiger partial charge in [0, 0.05) is 0 Å². The lowest BCUT2D eigenvalue weighted by Crippen LogP contribution is -2.52. The summed E-state index contributed by atoms with van der Waals surface area (Å²) in [5.41, 5.74) is 0.694. The summed E-state index contributed by atoms with van der Waals surface area (Å²) in [4.78, 5) is 0. The molecule has 0 aromatic carbocycles. The Morgan fingerprint density at radius 2 is 0.596 bits per heavy atom. The topological polar surface area (TPSA) is 0 Å². The Morgan fingerprint density at radius 3 is 0.910 bits per heavy atom. The van der Waals surface area contributed by atoms with Crippen LogP contribution in [-0.4, -0.2) is 0 Å². The average molecular weight is 1240 g/mol. The fourth-order valence-corrected chi connectivity index (χ4v) is 22.9. The van der Waals surface area contributed by atoms with E-state index < -0.39 is 0 Å². The first-order valence-electron chi connectivity index (χ1n) is 42.5. The Bertz CT molecular complexity index is 1700. The molecule has 13 rings (SSSR count). The lowest BCUT2D eigenvalue weighted by atomic mass is 9.45. The van der Waals surface area contributed by atoms with Gasteiger partial charge in [0.1, 0.15) is 0 Å². The first kappa shape index (κ1) is 78.0. The van der Waals surface area contributed by atoms with E-state index in [0.717, 1.165) is 154 Å². The summed E-state index contributed by atoms with van der Waals surface area (Å²) < 4.78 is 0.